The molecule has 7 nitrogen and oxygen atoms in total. The lowest BCUT2D eigenvalue weighted by atomic mass is 10.1. The van der Waals surface area contributed by atoms with Gasteiger partial charge >= 0.3 is 0 Å². The predicted molar refractivity (Wildman–Crippen MR) is 147 cm³/mol. The summed E-state index contributed by atoms with van der Waals surface area (Å²) in [6.07, 6.45) is 1.72. The molecule has 0 aliphatic heterocycles. The Morgan fingerprint density at radius 1 is 0.919 bits per heavy atom. The predicted octanol–water partition coefficient (Wildman–Crippen LogP) is 5.01. The first-order chi connectivity index (χ1) is 18.0. The molecule has 4 aromatic rings. The molecule has 0 atom stereocenters. The monoisotopic (exact) mass is 533 g/mol. The largest absolute Gasteiger partial charge is 0.497 e. The van der Waals surface area contributed by atoms with Gasteiger partial charge in [0, 0.05) is 18.5 Å². The Bertz CT molecular complexity index is 1420. The van der Waals surface area contributed by atoms with Crippen LogP contribution in [-0.2, 0) is 16.6 Å². The van der Waals surface area contributed by atoms with Gasteiger partial charge in [-0.25, -0.2) is 13.4 Å². The van der Waals surface area contributed by atoms with E-state index in [9.17, 15) is 13.2 Å². The van der Waals surface area contributed by atoms with Crippen molar-refractivity contribution in [2.24, 2.45) is 0 Å². The number of sulfonamides is 1. The molecule has 0 unspecified atom stereocenters. The highest BCUT2D eigenvalue weighted by Crippen LogP contribution is 2.30. The molecule has 0 fully saturated rings. The molecule has 4 rings (SSSR count). The minimum atomic E-state index is -4.01. The number of para-hydroxylation sites is 1. The number of carbonyl (C=O) groups is 1. The van der Waals surface area contributed by atoms with Gasteiger partial charge in [0.1, 0.15) is 5.75 Å². The number of methoxy groups -OCH3 is 1. The normalized spacial score (nSPS) is 11.1. The Kier molecular flexibility index (Phi) is 8.81. The lowest BCUT2D eigenvalue weighted by Gasteiger charge is -2.26. The van der Waals surface area contributed by atoms with Gasteiger partial charge in [-0.05, 0) is 54.1 Å². The summed E-state index contributed by atoms with van der Waals surface area (Å²) in [7, 11) is -2.49. The second kappa shape index (κ2) is 12.4. The van der Waals surface area contributed by atoms with E-state index in [2.05, 4.69) is 10.3 Å². The maximum atomic E-state index is 13.9. The van der Waals surface area contributed by atoms with Crippen molar-refractivity contribution in [1.82, 2.24) is 10.3 Å². The summed E-state index contributed by atoms with van der Waals surface area (Å²) in [5.41, 5.74) is 1.37. The van der Waals surface area contributed by atoms with Crippen LogP contribution in [0.1, 0.15) is 15.9 Å². The summed E-state index contributed by atoms with van der Waals surface area (Å²) in [5.74, 6) is 0.833. The Balaban J connectivity index is 1.61. The molecule has 3 aromatic carbocycles. The summed E-state index contributed by atoms with van der Waals surface area (Å²) in [4.78, 5) is 17.6. The van der Waals surface area contributed by atoms with Gasteiger partial charge in [-0.15, -0.1) is 11.8 Å². The van der Waals surface area contributed by atoms with Crippen molar-refractivity contribution in [3.63, 3.8) is 0 Å². The van der Waals surface area contributed by atoms with E-state index in [1.807, 2.05) is 48.5 Å². The van der Waals surface area contributed by atoms with Crippen LogP contribution in [0.4, 0.5) is 5.69 Å². The van der Waals surface area contributed by atoms with Gasteiger partial charge in [0.05, 0.1) is 34.8 Å². The number of benzene rings is 3. The summed E-state index contributed by atoms with van der Waals surface area (Å²) >= 11 is 1.53. The number of hydrogen-bond acceptors (Lipinski definition) is 6. The van der Waals surface area contributed by atoms with Crippen LogP contribution >= 0.6 is 11.8 Å². The van der Waals surface area contributed by atoms with Crippen LogP contribution in [0.5, 0.6) is 5.75 Å². The molecular formula is C28H27N3O4S2. The fraction of sp³-hybridized carbons (Fsp3) is 0.143. The van der Waals surface area contributed by atoms with Crippen LogP contribution in [0.15, 0.2) is 113 Å². The summed E-state index contributed by atoms with van der Waals surface area (Å²) in [5, 5.41) is 3.78. The van der Waals surface area contributed by atoms with E-state index in [4.69, 9.17) is 4.74 Å². The first-order valence-corrected chi connectivity index (χ1v) is 14.0. The number of amides is 1. The Morgan fingerprint density at radius 2 is 1.62 bits per heavy atom. The molecule has 0 saturated heterocycles. The maximum absolute atomic E-state index is 13.9. The van der Waals surface area contributed by atoms with E-state index in [-0.39, 0.29) is 22.9 Å². The molecule has 0 bridgehead atoms. The second-order valence-corrected chi connectivity index (χ2v) is 10.9. The number of ether oxygens (including phenoxy) is 1. The fourth-order valence-electron chi connectivity index (χ4n) is 3.65. The average Bonchev–Trinajstić information content (AvgIpc) is 2.95. The van der Waals surface area contributed by atoms with Gasteiger partial charge in [-0.3, -0.25) is 9.10 Å². The highest BCUT2D eigenvalue weighted by atomic mass is 32.2. The molecule has 9 heteroatoms. The topological polar surface area (TPSA) is 88.6 Å². The highest BCUT2D eigenvalue weighted by Gasteiger charge is 2.28. The molecule has 1 aromatic heterocycles. The molecule has 1 amide bonds. The van der Waals surface area contributed by atoms with Crippen molar-refractivity contribution in [3.05, 3.63) is 114 Å². The first-order valence-electron chi connectivity index (χ1n) is 11.6. The van der Waals surface area contributed by atoms with Gasteiger partial charge < -0.3 is 10.1 Å². The standard InChI is InChI=1S/C28H27N3O4S2/c1-35-23-14-16-24(17-15-23)37(33,34)31(21-22-9-3-2-4-10-22)26-12-6-5-11-25(26)28(32)30-19-20-36-27-13-7-8-18-29-27/h2-18H,19-21H2,1H3,(H,30,32). The molecule has 37 heavy (non-hydrogen) atoms. The van der Waals surface area contributed by atoms with E-state index in [0.717, 1.165) is 10.6 Å². The number of thioether (sulfide) groups is 1. The lowest BCUT2D eigenvalue weighted by molar-refractivity contribution is 0.0957. The third kappa shape index (κ3) is 6.69. The molecular weight excluding hydrogens is 506 g/mol. The third-order valence-electron chi connectivity index (χ3n) is 5.51. The molecule has 0 saturated carbocycles. The number of rotatable bonds is 11. The number of anilines is 1. The van der Waals surface area contributed by atoms with Gasteiger partial charge in [0.25, 0.3) is 15.9 Å². The molecule has 0 aliphatic rings. The van der Waals surface area contributed by atoms with Gasteiger partial charge in [0.15, 0.2) is 0 Å². The molecule has 0 radical (unpaired) electrons. The number of nitrogens with zero attached hydrogens (tertiary/aromatic N) is 2. The van der Waals surface area contributed by atoms with Crippen molar-refractivity contribution < 1.29 is 17.9 Å². The minimum absolute atomic E-state index is 0.0645. The van der Waals surface area contributed by atoms with E-state index >= 15 is 0 Å². The Hall–Kier alpha value is -3.82. The lowest BCUT2D eigenvalue weighted by Crippen LogP contribution is -2.34. The van der Waals surface area contributed by atoms with Crippen LogP contribution in [-0.4, -0.2) is 38.7 Å². The summed E-state index contributed by atoms with van der Waals surface area (Å²) in [6.45, 7) is 0.466. The number of pyridine rings is 1. The highest BCUT2D eigenvalue weighted by molar-refractivity contribution is 7.99. The van der Waals surface area contributed by atoms with Crippen LogP contribution < -0.4 is 14.4 Å². The minimum Gasteiger partial charge on any atom is -0.497 e. The number of carbonyl (C=O) groups excluding carboxylic acids is 1. The molecule has 0 spiro atoms. The number of nitrogens with one attached hydrogen (secondary N) is 1. The quantitative estimate of drug-likeness (QED) is 0.215. The second-order valence-electron chi connectivity index (χ2n) is 7.96. The number of aromatic nitrogens is 1. The van der Waals surface area contributed by atoms with Crippen molar-refractivity contribution >= 4 is 33.4 Å². The van der Waals surface area contributed by atoms with Crippen LogP contribution in [0.25, 0.3) is 0 Å². The van der Waals surface area contributed by atoms with E-state index in [1.54, 1.807) is 42.6 Å². The Morgan fingerprint density at radius 3 is 2.32 bits per heavy atom. The molecule has 0 aliphatic carbocycles. The van der Waals surface area contributed by atoms with Crippen molar-refractivity contribution in [1.29, 1.82) is 0 Å². The van der Waals surface area contributed by atoms with Crippen LogP contribution in [0.3, 0.4) is 0 Å². The molecule has 1 heterocycles. The van der Waals surface area contributed by atoms with Gasteiger partial charge in [-0.2, -0.15) is 0 Å². The average molecular weight is 534 g/mol. The van der Waals surface area contributed by atoms with Crippen molar-refractivity contribution in [2.45, 2.75) is 16.5 Å². The zero-order chi connectivity index (χ0) is 26.1. The van der Waals surface area contributed by atoms with E-state index in [1.165, 1.54) is 35.3 Å². The fourth-order valence-corrected chi connectivity index (χ4v) is 5.85. The van der Waals surface area contributed by atoms with Crippen LogP contribution in [0, 0.1) is 0 Å². The molecule has 190 valence electrons. The zero-order valence-electron chi connectivity index (χ0n) is 20.3. The van der Waals surface area contributed by atoms with Crippen molar-refractivity contribution in [3.8, 4) is 5.75 Å². The summed E-state index contributed by atoms with van der Waals surface area (Å²) in [6, 6.07) is 27.9. The number of hydrogen-bond donors (Lipinski definition) is 1. The van der Waals surface area contributed by atoms with Gasteiger partial charge in [-0.1, -0.05) is 48.5 Å². The first kappa shape index (κ1) is 26.2. The van der Waals surface area contributed by atoms with Gasteiger partial charge in [0.2, 0.25) is 0 Å². The molecule has 1 N–H and O–H groups in total. The zero-order valence-corrected chi connectivity index (χ0v) is 21.9. The van der Waals surface area contributed by atoms with E-state index < -0.39 is 10.0 Å². The van der Waals surface area contributed by atoms with E-state index in [0.29, 0.717) is 23.7 Å². The maximum Gasteiger partial charge on any atom is 0.264 e. The summed E-state index contributed by atoms with van der Waals surface area (Å²) < 4.78 is 34.2. The van der Waals surface area contributed by atoms with Crippen LogP contribution in [0.2, 0.25) is 0 Å². The SMILES string of the molecule is COc1ccc(S(=O)(=O)N(Cc2ccccc2)c2ccccc2C(=O)NCCSc2ccccn2)cc1. The van der Waals surface area contributed by atoms with Crippen molar-refractivity contribution in [2.75, 3.05) is 23.7 Å². The Labute approximate surface area is 221 Å². The third-order valence-corrected chi connectivity index (χ3v) is 8.23. The smallest absolute Gasteiger partial charge is 0.264 e.